The second-order valence-electron chi connectivity index (χ2n) is 3.96. The second-order valence-corrected chi connectivity index (χ2v) is 3.96. The van der Waals surface area contributed by atoms with Crippen LogP contribution in [0.15, 0.2) is 36.5 Å². The van der Waals surface area contributed by atoms with E-state index in [9.17, 15) is 0 Å². The van der Waals surface area contributed by atoms with Crippen LogP contribution in [0.5, 0.6) is 11.5 Å². The van der Waals surface area contributed by atoms with Crippen LogP contribution >= 0.6 is 0 Å². The van der Waals surface area contributed by atoms with E-state index in [4.69, 9.17) is 10.5 Å². The highest BCUT2D eigenvalue weighted by Gasteiger charge is 2.08. The molecule has 0 saturated carbocycles. The van der Waals surface area contributed by atoms with Crippen LogP contribution in [0.2, 0.25) is 0 Å². The molecule has 0 aliphatic heterocycles. The van der Waals surface area contributed by atoms with E-state index in [2.05, 4.69) is 4.98 Å². The van der Waals surface area contributed by atoms with Crippen LogP contribution in [0.3, 0.4) is 0 Å². The second kappa shape index (κ2) is 4.97. The van der Waals surface area contributed by atoms with E-state index < -0.39 is 0 Å². The summed E-state index contributed by atoms with van der Waals surface area (Å²) in [5.74, 6) is 1.61. The topological polar surface area (TPSA) is 48.1 Å². The van der Waals surface area contributed by atoms with Gasteiger partial charge in [-0.25, -0.2) is 0 Å². The molecule has 2 rings (SSSR count). The van der Waals surface area contributed by atoms with Gasteiger partial charge in [0.1, 0.15) is 11.5 Å². The van der Waals surface area contributed by atoms with Crippen molar-refractivity contribution in [3.8, 4) is 11.5 Å². The summed E-state index contributed by atoms with van der Waals surface area (Å²) in [6, 6.07) is 9.76. The van der Waals surface area contributed by atoms with Crippen molar-refractivity contribution < 1.29 is 4.74 Å². The number of nitrogens with zero attached hydrogens (tertiary/aromatic N) is 1. The number of hydrogen-bond donors (Lipinski definition) is 1. The lowest BCUT2D eigenvalue weighted by Crippen LogP contribution is -2.01. The molecule has 88 valence electrons. The molecular formula is C14H16N2O. The zero-order valence-corrected chi connectivity index (χ0v) is 10.1. The predicted octanol–water partition coefficient (Wildman–Crippen LogP) is 2.95. The molecule has 0 aliphatic carbocycles. The first kappa shape index (κ1) is 11.6. The van der Waals surface area contributed by atoms with Crippen LogP contribution in [0, 0.1) is 13.8 Å². The molecule has 0 saturated heterocycles. The van der Waals surface area contributed by atoms with Gasteiger partial charge in [-0.1, -0.05) is 18.2 Å². The van der Waals surface area contributed by atoms with Gasteiger partial charge >= 0.3 is 0 Å². The largest absolute Gasteiger partial charge is 0.455 e. The van der Waals surface area contributed by atoms with Crippen LogP contribution in [-0.2, 0) is 6.54 Å². The van der Waals surface area contributed by atoms with Crippen molar-refractivity contribution in [1.29, 1.82) is 0 Å². The summed E-state index contributed by atoms with van der Waals surface area (Å²) in [7, 11) is 0. The highest BCUT2D eigenvalue weighted by molar-refractivity contribution is 5.44. The Hall–Kier alpha value is -1.87. The van der Waals surface area contributed by atoms with E-state index in [0.29, 0.717) is 6.54 Å². The minimum Gasteiger partial charge on any atom is -0.455 e. The summed E-state index contributed by atoms with van der Waals surface area (Å²) >= 11 is 0. The number of nitrogens with two attached hydrogens (primary N) is 1. The summed E-state index contributed by atoms with van der Waals surface area (Å²) in [6.07, 6.45) is 1.75. The van der Waals surface area contributed by atoms with Crippen LogP contribution in [-0.4, -0.2) is 4.98 Å². The van der Waals surface area contributed by atoms with E-state index in [0.717, 1.165) is 28.3 Å². The Morgan fingerprint density at radius 2 is 2.00 bits per heavy atom. The number of ether oxygens (including phenoxy) is 1. The van der Waals surface area contributed by atoms with Gasteiger partial charge in [0.05, 0.1) is 5.69 Å². The first-order valence-corrected chi connectivity index (χ1v) is 5.60. The molecule has 3 heteroatoms. The minimum absolute atomic E-state index is 0.469. The van der Waals surface area contributed by atoms with Crippen LogP contribution in [0.4, 0.5) is 0 Å². The molecule has 0 aliphatic rings. The highest BCUT2D eigenvalue weighted by atomic mass is 16.5. The summed E-state index contributed by atoms with van der Waals surface area (Å²) in [4.78, 5) is 4.20. The molecule has 0 amide bonds. The fourth-order valence-corrected chi connectivity index (χ4v) is 1.71. The van der Waals surface area contributed by atoms with Crippen LogP contribution in [0.25, 0.3) is 0 Å². The van der Waals surface area contributed by atoms with Crippen molar-refractivity contribution in [1.82, 2.24) is 4.98 Å². The Bertz CT molecular complexity index is 523. The Morgan fingerprint density at radius 1 is 1.18 bits per heavy atom. The highest BCUT2D eigenvalue weighted by Crippen LogP contribution is 2.29. The number of aromatic nitrogens is 1. The smallest absolute Gasteiger partial charge is 0.148 e. The maximum absolute atomic E-state index is 5.92. The van der Waals surface area contributed by atoms with Gasteiger partial charge in [0, 0.05) is 18.3 Å². The fourth-order valence-electron chi connectivity index (χ4n) is 1.71. The first-order valence-electron chi connectivity index (χ1n) is 5.60. The van der Waals surface area contributed by atoms with E-state index >= 15 is 0 Å². The van der Waals surface area contributed by atoms with Crippen molar-refractivity contribution in [3.63, 3.8) is 0 Å². The summed E-state index contributed by atoms with van der Waals surface area (Å²) in [5, 5.41) is 0. The Balaban J connectivity index is 2.39. The molecule has 0 unspecified atom stereocenters. The van der Waals surface area contributed by atoms with E-state index in [1.807, 2.05) is 44.2 Å². The number of hydrogen-bond acceptors (Lipinski definition) is 3. The maximum atomic E-state index is 5.92. The molecule has 0 atom stereocenters. The number of pyridine rings is 1. The van der Waals surface area contributed by atoms with Gasteiger partial charge in [0.15, 0.2) is 0 Å². The molecular weight excluding hydrogens is 212 g/mol. The lowest BCUT2D eigenvalue weighted by molar-refractivity contribution is 0.466. The van der Waals surface area contributed by atoms with Gasteiger partial charge in [0.25, 0.3) is 0 Å². The molecule has 17 heavy (non-hydrogen) atoms. The third-order valence-electron chi connectivity index (χ3n) is 2.68. The molecule has 0 fully saturated rings. The summed E-state index contributed by atoms with van der Waals surface area (Å²) in [5.41, 5.74) is 8.68. The number of aryl methyl sites for hydroxylation is 2. The summed E-state index contributed by atoms with van der Waals surface area (Å²) < 4.78 is 5.92. The molecule has 1 aromatic carbocycles. The number of benzene rings is 1. The SMILES string of the molecule is Cc1cccc(CN)c1Oc1cccnc1C. The van der Waals surface area contributed by atoms with Crippen molar-refractivity contribution in [2.75, 3.05) is 0 Å². The van der Waals surface area contributed by atoms with Gasteiger partial charge in [-0.2, -0.15) is 0 Å². The molecule has 0 spiro atoms. The van der Waals surface area contributed by atoms with Gasteiger partial charge in [-0.3, -0.25) is 4.98 Å². The molecule has 0 radical (unpaired) electrons. The first-order chi connectivity index (χ1) is 8.22. The van der Waals surface area contributed by atoms with E-state index in [1.54, 1.807) is 6.20 Å². The number of rotatable bonds is 3. The average molecular weight is 228 g/mol. The minimum atomic E-state index is 0.469. The molecule has 3 nitrogen and oxygen atoms in total. The zero-order valence-electron chi connectivity index (χ0n) is 10.1. The standard InChI is InChI=1S/C14H16N2O/c1-10-5-3-6-12(9-15)14(10)17-13-7-4-8-16-11(13)2/h3-8H,9,15H2,1-2H3. The monoisotopic (exact) mass is 228 g/mol. The molecule has 0 bridgehead atoms. The average Bonchev–Trinajstić information content (AvgIpc) is 2.34. The Labute approximate surface area is 101 Å². The predicted molar refractivity (Wildman–Crippen MR) is 68.1 cm³/mol. The Kier molecular flexibility index (Phi) is 3.40. The quantitative estimate of drug-likeness (QED) is 0.878. The fraction of sp³-hybridized carbons (Fsp3) is 0.214. The summed E-state index contributed by atoms with van der Waals surface area (Å²) in [6.45, 7) is 4.41. The lowest BCUT2D eigenvalue weighted by Gasteiger charge is -2.13. The van der Waals surface area contributed by atoms with E-state index in [-0.39, 0.29) is 0 Å². The third-order valence-corrected chi connectivity index (χ3v) is 2.68. The van der Waals surface area contributed by atoms with Gasteiger partial charge < -0.3 is 10.5 Å². The van der Waals surface area contributed by atoms with Gasteiger partial charge in [0.2, 0.25) is 0 Å². The Morgan fingerprint density at radius 3 is 2.71 bits per heavy atom. The normalized spacial score (nSPS) is 10.3. The van der Waals surface area contributed by atoms with Crippen molar-refractivity contribution in [2.24, 2.45) is 5.73 Å². The number of para-hydroxylation sites is 1. The zero-order chi connectivity index (χ0) is 12.3. The van der Waals surface area contributed by atoms with Crippen molar-refractivity contribution >= 4 is 0 Å². The maximum Gasteiger partial charge on any atom is 0.148 e. The van der Waals surface area contributed by atoms with Crippen LogP contribution in [0.1, 0.15) is 16.8 Å². The van der Waals surface area contributed by atoms with E-state index in [1.165, 1.54) is 0 Å². The molecule has 1 heterocycles. The lowest BCUT2D eigenvalue weighted by atomic mass is 10.1. The molecule has 2 N–H and O–H groups in total. The van der Waals surface area contributed by atoms with Gasteiger partial charge in [-0.15, -0.1) is 0 Å². The van der Waals surface area contributed by atoms with Crippen molar-refractivity contribution in [2.45, 2.75) is 20.4 Å². The molecule has 1 aromatic heterocycles. The third kappa shape index (κ3) is 2.45. The van der Waals surface area contributed by atoms with Crippen LogP contribution < -0.4 is 10.5 Å². The van der Waals surface area contributed by atoms with Gasteiger partial charge in [-0.05, 0) is 31.5 Å². The molecule has 2 aromatic rings. The van der Waals surface area contributed by atoms with Crippen molar-refractivity contribution in [3.05, 3.63) is 53.3 Å².